The number of allylic oxidation sites excluding steroid dienone is 4. The Morgan fingerprint density at radius 1 is 0.931 bits per heavy atom. The molecule has 0 aromatic heterocycles. The minimum atomic E-state index is -0.0200. The zero-order valence-electron chi connectivity index (χ0n) is 19.1. The van der Waals surface area contributed by atoms with Crippen LogP contribution in [-0.4, -0.2) is 13.1 Å². The van der Waals surface area contributed by atoms with Crippen LogP contribution in [0, 0.1) is 11.8 Å². The van der Waals surface area contributed by atoms with E-state index in [4.69, 9.17) is 4.74 Å². The minimum absolute atomic E-state index is 0.0200. The average molecular weight is 390 g/mol. The van der Waals surface area contributed by atoms with Gasteiger partial charge in [-0.1, -0.05) is 54.5 Å². The number of nitrogens with zero attached hydrogens (tertiary/aromatic N) is 1. The summed E-state index contributed by atoms with van der Waals surface area (Å²) in [6.45, 7) is 18.4. The quantitative estimate of drug-likeness (QED) is 0.552. The highest BCUT2D eigenvalue weighted by Gasteiger charge is 2.39. The molecule has 1 aromatic carbocycles. The van der Waals surface area contributed by atoms with Crippen LogP contribution in [0.4, 0.5) is 5.69 Å². The molecule has 0 spiro atoms. The first kappa shape index (κ1) is 20.3. The van der Waals surface area contributed by atoms with Gasteiger partial charge in [0.15, 0.2) is 0 Å². The molecule has 1 aromatic rings. The van der Waals surface area contributed by atoms with Crippen LogP contribution >= 0.6 is 0 Å². The van der Waals surface area contributed by atoms with Gasteiger partial charge in [0.05, 0.1) is 0 Å². The van der Waals surface area contributed by atoms with E-state index in [1.54, 1.807) is 0 Å². The predicted octanol–water partition coefficient (Wildman–Crippen LogP) is 6.79. The lowest BCUT2D eigenvalue weighted by Crippen LogP contribution is -2.44. The molecule has 4 rings (SSSR count). The molecule has 0 atom stereocenters. The topological polar surface area (TPSA) is 12.5 Å². The summed E-state index contributed by atoms with van der Waals surface area (Å²) in [7, 11) is 0. The molecule has 2 nitrogen and oxygen atoms in total. The van der Waals surface area contributed by atoms with Crippen molar-refractivity contribution in [3.8, 4) is 0 Å². The van der Waals surface area contributed by atoms with E-state index in [9.17, 15) is 0 Å². The van der Waals surface area contributed by atoms with Crippen LogP contribution in [0.1, 0.15) is 78.0 Å². The van der Waals surface area contributed by atoms with E-state index in [0.717, 1.165) is 11.5 Å². The minimum Gasteiger partial charge on any atom is -0.462 e. The van der Waals surface area contributed by atoms with Crippen molar-refractivity contribution in [3.05, 3.63) is 65.0 Å². The maximum Gasteiger partial charge on any atom is 0.123 e. The first-order chi connectivity index (χ1) is 13.5. The highest BCUT2D eigenvalue weighted by Crippen LogP contribution is 2.49. The van der Waals surface area contributed by atoms with Gasteiger partial charge >= 0.3 is 0 Å². The summed E-state index contributed by atoms with van der Waals surface area (Å²) in [6.07, 6.45) is 13.8. The molecule has 3 aliphatic heterocycles. The third-order valence-electron chi connectivity index (χ3n) is 6.77. The smallest absolute Gasteiger partial charge is 0.123 e. The summed E-state index contributed by atoms with van der Waals surface area (Å²) < 4.78 is 6.12. The number of hydrogen-bond acceptors (Lipinski definition) is 2. The molecule has 29 heavy (non-hydrogen) atoms. The summed E-state index contributed by atoms with van der Waals surface area (Å²) in [5.74, 6) is 1.81. The van der Waals surface area contributed by atoms with Crippen molar-refractivity contribution in [2.24, 2.45) is 5.41 Å². The van der Waals surface area contributed by atoms with Crippen LogP contribution < -0.4 is 4.90 Å². The van der Waals surface area contributed by atoms with Crippen LogP contribution in [0.25, 0.3) is 6.08 Å². The Morgan fingerprint density at radius 2 is 1.52 bits per heavy atom. The van der Waals surface area contributed by atoms with E-state index in [-0.39, 0.29) is 16.2 Å². The molecule has 0 saturated heterocycles. The Kier molecular flexibility index (Phi) is 4.76. The standard InChI is InChI=1S/C27H35NO/c1-25(2,3)23-10-8-9-20(29-23)12-11-19-17-21-24-22(18-19)27(6,7)14-16-28(24)15-13-26(21,4)5/h9-12,17-18H,13-16H2,1-7H3/b12-11+. The molecule has 0 aliphatic carbocycles. The van der Waals surface area contributed by atoms with Crippen LogP contribution in [-0.2, 0) is 15.6 Å². The van der Waals surface area contributed by atoms with Gasteiger partial charge in [-0.3, -0.25) is 0 Å². The van der Waals surface area contributed by atoms with Gasteiger partial charge in [-0.15, -0.1) is 0 Å². The molecule has 0 bridgehead atoms. The largest absolute Gasteiger partial charge is 0.462 e. The summed E-state index contributed by atoms with van der Waals surface area (Å²) in [4.78, 5) is 2.62. The summed E-state index contributed by atoms with van der Waals surface area (Å²) >= 11 is 0. The second-order valence-corrected chi connectivity index (χ2v) is 11.1. The zero-order chi connectivity index (χ0) is 21.0. The van der Waals surface area contributed by atoms with Crippen LogP contribution in [0.2, 0.25) is 0 Å². The number of rotatable bonds is 2. The SMILES string of the molecule is CC(C)(C)C1=C[C]C=C(/C=C/c2cc3c4c(c2)C(C)(C)CCN4CCC3(C)C)O1. The van der Waals surface area contributed by atoms with E-state index >= 15 is 0 Å². The Morgan fingerprint density at radius 3 is 2.07 bits per heavy atom. The fourth-order valence-corrected chi connectivity index (χ4v) is 4.57. The van der Waals surface area contributed by atoms with E-state index in [1.165, 1.54) is 48.3 Å². The molecule has 2 heteroatoms. The lowest BCUT2D eigenvalue weighted by Gasteiger charge is -2.48. The fourth-order valence-electron chi connectivity index (χ4n) is 4.57. The molecule has 3 aliphatic rings. The molecular weight excluding hydrogens is 354 g/mol. The van der Waals surface area contributed by atoms with Crippen molar-refractivity contribution < 1.29 is 4.74 Å². The number of anilines is 1. The third kappa shape index (κ3) is 3.79. The Balaban J connectivity index is 1.70. The van der Waals surface area contributed by atoms with Crippen molar-refractivity contribution >= 4 is 11.8 Å². The Hall–Kier alpha value is -1.96. The van der Waals surface area contributed by atoms with Gasteiger partial charge in [0.25, 0.3) is 0 Å². The Bertz CT molecular complexity index is 864. The second-order valence-electron chi connectivity index (χ2n) is 11.1. The molecular formula is C27H35NO. The number of hydrogen-bond donors (Lipinski definition) is 0. The van der Waals surface area contributed by atoms with Crippen LogP contribution in [0.3, 0.4) is 0 Å². The average Bonchev–Trinajstić information content (AvgIpc) is 2.64. The van der Waals surface area contributed by atoms with Gasteiger partial charge < -0.3 is 9.64 Å². The van der Waals surface area contributed by atoms with Gasteiger partial charge in [-0.2, -0.15) is 0 Å². The van der Waals surface area contributed by atoms with Gasteiger partial charge in [-0.05, 0) is 70.7 Å². The van der Waals surface area contributed by atoms with Crippen molar-refractivity contribution in [2.75, 3.05) is 18.0 Å². The molecule has 0 saturated carbocycles. The van der Waals surface area contributed by atoms with Crippen LogP contribution in [0.15, 0.2) is 41.9 Å². The van der Waals surface area contributed by atoms with Gasteiger partial charge in [0.1, 0.15) is 11.5 Å². The molecule has 0 N–H and O–H groups in total. The summed E-state index contributed by atoms with van der Waals surface area (Å²) in [6, 6.07) is 4.81. The molecule has 3 heterocycles. The normalized spacial score (nSPS) is 22.7. The first-order valence-electron chi connectivity index (χ1n) is 10.9. The first-order valence-corrected chi connectivity index (χ1v) is 10.9. The van der Waals surface area contributed by atoms with Crippen molar-refractivity contribution in [1.82, 2.24) is 0 Å². The predicted molar refractivity (Wildman–Crippen MR) is 123 cm³/mol. The van der Waals surface area contributed by atoms with Crippen LogP contribution in [0.5, 0.6) is 0 Å². The van der Waals surface area contributed by atoms with Gasteiger partial charge in [0, 0.05) is 30.6 Å². The fraction of sp³-hybridized carbons (Fsp3) is 0.519. The Labute approximate surface area is 177 Å². The van der Waals surface area contributed by atoms with E-state index < -0.39 is 0 Å². The van der Waals surface area contributed by atoms with E-state index in [0.29, 0.717) is 0 Å². The molecule has 0 amide bonds. The molecule has 0 fully saturated rings. The zero-order valence-corrected chi connectivity index (χ0v) is 19.1. The van der Waals surface area contributed by atoms with Crippen molar-refractivity contribution in [2.45, 2.75) is 72.1 Å². The monoisotopic (exact) mass is 389 g/mol. The second kappa shape index (κ2) is 6.79. The summed E-state index contributed by atoms with van der Waals surface area (Å²) in [5.41, 5.74) is 6.17. The number of benzene rings is 1. The van der Waals surface area contributed by atoms with E-state index in [1.807, 2.05) is 12.2 Å². The highest BCUT2D eigenvalue weighted by molar-refractivity contribution is 5.72. The van der Waals surface area contributed by atoms with Gasteiger partial charge in [0.2, 0.25) is 0 Å². The van der Waals surface area contributed by atoms with Gasteiger partial charge in [-0.25, -0.2) is 0 Å². The molecule has 0 unspecified atom stereocenters. The van der Waals surface area contributed by atoms with E-state index in [2.05, 4.69) is 84.1 Å². The third-order valence-corrected chi connectivity index (χ3v) is 6.77. The summed E-state index contributed by atoms with van der Waals surface area (Å²) in [5, 5.41) is 0. The lowest BCUT2D eigenvalue weighted by atomic mass is 9.69. The highest BCUT2D eigenvalue weighted by atomic mass is 16.5. The number of ether oxygens (including phenoxy) is 1. The maximum atomic E-state index is 6.12. The maximum absolute atomic E-state index is 6.12. The lowest BCUT2D eigenvalue weighted by molar-refractivity contribution is 0.223. The van der Waals surface area contributed by atoms with Crippen molar-refractivity contribution in [3.63, 3.8) is 0 Å². The molecule has 154 valence electrons. The molecule has 2 radical (unpaired) electrons. The van der Waals surface area contributed by atoms with Crippen molar-refractivity contribution in [1.29, 1.82) is 0 Å².